The minimum absolute atomic E-state index is 0.264. The lowest BCUT2D eigenvalue weighted by Gasteiger charge is -2.19. The molecule has 0 amide bonds. The number of fused-ring (bicyclic) bond motifs is 1. The maximum absolute atomic E-state index is 12.0. The van der Waals surface area contributed by atoms with Crippen molar-refractivity contribution in [2.45, 2.75) is 26.4 Å². The first-order chi connectivity index (χ1) is 8.29. The average molecular weight is 314 g/mol. The largest absolute Gasteiger partial charge is 0.443 e. The van der Waals surface area contributed by atoms with Crippen LogP contribution in [0.5, 0.6) is 0 Å². The van der Waals surface area contributed by atoms with E-state index in [9.17, 15) is 9.59 Å². The number of nitrogens with zero attached hydrogens (tertiary/aromatic N) is 2. The van der Waals surface area contributed by atoms with E-state index < -0.39 is 11.7 Å². The summed E-state index contributed by atoms with van der Waals surface area (Å²) in [4.78, 5) is 30.0. The lowest BCUT2D eigenvalue weighted by molar-refractivity contribution is 0.0543. The summed E-state index contributed by atoms with van der Waals surface area (Å²) in [5.74, 6) is 0. The number of hydrogen-bond acceptors (Lipinski definition) is 4. The van der Waals surface area contributed by atoms with Gasteiger partial charge >= 0.3 is 6.09 Å². The highest BCUT2D eigenvalue weighted by Gasteiger charge is 2.21. The van der Waals surface area contributed by atoms with Crippen LogP contribution in [0.1, 0.15) is 20.8 Å². The van der Waals surface area contributed by atoms with Crippen molar-refractivity contribution in [2.24, 2.45) is 0 Å². The van der Waals surface area contributed by atoms with Gasteiger partial charge in [0.2, 0.25) is 0 Å². The molecule has 1 N–H and O–H groups in total. The van der Waals surface area contributed by atoms with E-state index in [1.54, 1.807) is 20.8 Å². The molecule has 2 heterocycles. The number of aromatic amines is 1. The molecule has 0 aliphatic carbocycles. The third-order valence-corrected chi connectivity index (χ3v) is 2.73. The van der Waals surface area contributed by atoms with Gasteiger partial charge in [-0.15, -0.1) is 0 Å². The van der Waals surface area contributed by atoms with Crippen molar-refractivity contribution in [2.75, 3.05) is 0 Å². The molecule has 0 aliphatic heterocycles. The van der Waals surface area contributed by atoms with Crippen LogP contribution in [0.2, 0.25) is 0 Å². The van der Waals surface area contributed by atoms with Gasteiger partial charge < -0.3 is 9.72 Å². The minimum atomic E-state index is -0.610. The van der Waals surface area contributed by atoms with Gasteiger partial charge in [0.25, 0.3) is 5.56 Å². The standard InChI is InChI=1S/C11H12BrN3O3/c1-11(2,3)18-10(17)15-4-6(12)7-8(15)13-5-14-9(7)16/h4-5H,1-3H3,(H,13,14,16). The molecule has 0 fully saturated rings. The number of nitrogens with one attached hydrogen (secondary N) is 1. The molecule has 0 aromatic carbocycles. The summed E-state index contributed by atoms with van der Waals surface area (Å²) in [5, 5.41) is 0.323. The van der Waals surface area contributed by atoms with Crippen LogP contribution in [0.4, 0.5) is 4.79 Å². The zero-order valence-corrected chi connectivity index (χ0v) is 11.7. The number of ether oxygens (including phenoxy) is 1. The van der Waals surface area contributed by atoms with Gasteiger partial charge in [-0.3, -0.25) is 4.79 Å². The van der Waals surface area contributed by atoms with Crippen molar-refractivity contribution < 1.29 is 9.53 Å². The number of rotatable bonds is 0. The molecule has 0 bridgehead atoms. The van der Waals surface area contributed by atoms with E-state index in [1.165, 1.54) is 17.1 Å². The van der Waals surface area contributed by atoms with E-state index >= 15 is 0 Å². The normalized spacial score (nSPS) is 11.8. The van der Waals surface area contributed by atoms with Gasteiger partial charge in [-0.25, -0.2) is 14.3 Å². The highest BCUT2D eigenvalue weighted by molar-refractivity contribution is 9.10. The van der Waals surface area contributed by atoms with Crippen LogP contribution in [0.3, 0.4) is 0 Å². The maximum atomic E-state index is 12.0. The van der Waals surface area contributed by atoms with E-state index in [4.69, 9.17) is 4.74 Å². The fraction of sp³-hybridized carbons (Fsp3) is 0.364. The summed E-state index contributed by atoms with van der Waals surface area (Å²) in [7, 11) is 0. The zero-order chi connectivity index (χ0) is 13.5. The summed E-state index contributed by atoms with van der Waals surface area (Å²) >= 11 is 3.23. The van der Waals surface area contributed by atoms with Crippen LogP contribution in [-0.2, 0) is 4.74 Å². The van der Waals surface area contributed by atoms with Crippen molar-refractivity contribution in [3.05, 3.63) is 27.4 Å². The topological polar surface area (TPSA) is 77.0 Å². The van der Waals surface area contributed by atoms with Gasteiger partial charge in [-0.2, -0.15) is 0 Å². The molecule has 0 spiro atoms. The number of halogens is 1. The van der Waals surface area contributed by atoms with Gasteiger partial charge in [0.15, 0.2) is 5.65 Å². The molecule has 18 heavy (non-hydrogen) atoms. The molecule has 2 aromatic rings. The summed E-state index contributed by atoms with van der Waals surface area (Å²) in [6.45, 7) is 5.31. The Balaban J connectivity index is 2.57. The predicted octanol–water partition coefficient (Wildman–Crippen LogP) is 2.27. The second-order valence-corrected chi connectivity index (χ2v) is 5.61. The van der Waals surface area contributed by atoms with E-state index in [0.717, 1.165) is 0 Å². The number of H-pyrrole nitrogens is 1. The van der Waals surface area contributed by atoms with E-state index in [0.29, 0.717) is 9.86 Å². The van der Waals surface area contributed by atoms with Crippen molar-refractivity contribution in [1.82, 2.24) is 14.5 Å². The fourth-order valence-corrected chi connectivity index (χ4v) is 2.04. The second kappa shape index (κ2) is 4.24. The Labute approximate surface area is 111 Å². The third-order valence-electron chi connectivity index (χ3n) is 2.13. The predicted molar refractivity (Wildman–Crippen MR) is 69.7 cm³/mol. The Morgan fingerprint density at radius 3 is 2.78 bits per heavy atom. The number of carbonyl (C=O) groups excluding carboxylic acids is 1. The number of hydrogen-bond donors (Lipinski definition) is 1. The van der Waals surface area contributed by atoms with Gasteiger partial charge in [0.1, 0.15) is 5.60 Å². The molecule has 2 aromatic heterocycles. The summed E-state index contributed by atoms with van der Waals surface area (Å²) < 4.78 is 6.94. The maximum Gasteiger partial charge on any atom is 0.420 e. The van der Waals surface area contributed by atoms with Crippen LogP contribution in [0.25, 0.3) is 11.0 Å². The van der Waals surface area contributed by atoms with Crippen LogP contribution in [0.15, 0.2) is 21.8 Å². The van der Waals surface area contributed by atoms with Crippen LogP contribution in [0, 0.1) is 0 Å². The van der Waals surface area contributed by atoms with Crippen molar-refractivity contribution in [3.63, 3.8) is 0 Å². The Bertz CT molecular complexity index is 666. The molecule has 0 saturated heterocycles. The Hall–Kier alpha value is -1.63. The molecule has 0 atom stereocenters. The highest BCUT2D eigenvalue weighted by atomic mass is 79.9. The SMILES string of the molecule is CC(C)(C)OC(=O)n1cc(Br)c2c(=O)[nH]cnc21. The first kappa shape index (κ1) is 12.8. The lowest BCUT2D eigenvalue weighted by atomic mass is 10.2. The molecule has 96 valence electrons. The molecular weight excluding hydrogens is 302 g/mol. The van der Waals surface area contributed by atoms with Gasteiger partial charge in [-0.05, 0) is 36.7 Å². The van der Waals surface area contributed by atoms with Gasteiger partial charge in [-0.1, -0.05) is 0 Å². The molecule has 0 aliphatic rings. The third kappa shape index (κ3) is 2.31. The molecule has 2 rings (SSSR count). The van der Waals surface area contributed by atoms with E-state index in [-0.39, 0.29) is 11.2 Å². The second-order valence-electron chi connectivity index (χ2n) is 4.76. The van der Waals surface area contributed by atoms with Crippen LogP contribution >= 0.6 is 15.9 Å². The fourth-order valence-electron chi connectivity index (χ4n) is 1.48. The summed E-state index contributed by atoms with van der Waals surface area (Å²) in [6.07, 6.45) is 2.15. The Morgan fingerprint density at radius 2 is 2.17 bits per heavy atom. The number of carbonyl (C=O) groups is 1. The highest BCUT2D eigenvalue weighted by Crippen LogP contribution is 2.22. The van der Waals surface area contributed by atoms with Gasteiger partial charge in [0.05, 0.1) is 16.2 Å². The van der Waals surface area contributed by atoms with Crippen molar-refractivity contribution in [3.8, 4) is 0 Å². The lowest BCUT2D eigenvalue weighted by Crippen LogP contribution is -2.27. The molecule has 0 radical (unpaired) electrons. The van der Waals surface area contributed by atoms with Crippen LogP contribution in [-0.4, -0.2) is 26.2 Å². The number of aromatic nitrogens is 3. The average Bonchev–Trinajstić information content (AvgIpc) is 2.55. The monoisotopic (exact) mass is 313 g/mol. The van der Waals surface area contributed by atoms with Gasteiger partial charge in [0, 0.05) is 6.20 Å². The van der Waals surface area contributed by atoms with Crippen molar-refractivity contribution in [1.29, 1.82) is 0 Å². The van der Waals surface area contributed by atoms with E-state index in [1.807, 2.05) is 0 Å². The minimum Gasteiger partial charge on any atom is -0.443 e. The zero-order valence-electron chi connectivity index (χ0n) is 10.2. The smallest absolute Gasteiger partial charge is 0.420 e. The van der Waals surface area contributed by atoms with E-state index in [2.05, 4.69) is 25.9 Å². The van der Waals surface area contributed by atoms with Crippen LogP contribution < -0.4 is 5.56 Å². The first-order valence-electron chi connectivity index (χ1n) is 5.27. The molecular formula is C11H12BrN3O3. The summed E-state index contributed by atoms with van der Waals surface area (Å²) in [6, 6.07) is 0. The quantitative estimate of drug-likeness (QED) is 0.809. The Kier molecular flexibility index (Phi) is 3.02. The molecule has 6 nitrogen and oxygen atoms in total. The molecule has 0 saturated carbocycles. The van der Waals surface area contributed by atoms with Crippen molar-refractivity contribution >= 4 is 33.1 Å². The summed E-state index contributed by atoms with van der Waals surface area (Å²) in [5.41, 5.74) is -0.657. The molecule has 0 unspecified atom stereocenters. The first-order valence-corrected chi connectivity index (χ1v) is 6.06. The Morgan fingerprint density at radius 1 is 1.50 bits per heavy atom. The molecule has 7 heteroatoms.